The van der Waals surface area contributed by atoms with Crippen molar-refractivity contribution in [1.82, 2.24) is 4.90 Å². The highest BCUT2D eigenvalue weighted by atomic mass is 16.5. The van der Waals surface area contributed by atoms with Crippen LogP contribution in [0.2, 0.25) is 0 Å². The molecule has 1 heterocycles. The van der Waals surface area contributed by atoms with Crippen molar-refractivity contribution in [2.45, 2.75) is 19.8 Å². The molecule has 1 aromatic rings. The normalized spacial score (nSPS) is 17.6. The second-order valence-electron chi connectivity index (χ2n) is 4.96. The standard InChI is InChI=1S/C17H19NO3/c1-2-21-17(20)15-9-6-12-18(13-15)16(19)11-10-14-7-4-3-5-8-14/h3-5,7-8,15H,2,6,9,12-13H2,1H3/t15-/m1/s1. The second-order valence-corrected chi connectivity index (χ2v) is 4.96. The van der Waals surface area contributed by atoms with Crippen molar-refractivity contribution in [2.75, 3.05) is 19.7 Å². The van der Waals surface area contributed by atoms with E-state index in [-0.39, 0.29) is 17.8 Å². The van der Waals surface area contributed by atoms with Crippen LogP contribution in [0.3, 0.4) is 0 Å². The lowest BCUT2D eigenvalue weighted by Gasteiger charge is -2.30. The number of hydrogen-bond acceptors (Lipinski definition) is 3. The van der Waals surface area contributed by atoms with Crippen LogP contribution in [-0.2, 0) is 14.3 Å². The van der Waals surface area contributed by atoms with Crippen LogP contribution in [0, 0.1) is 17.8 Å². The third kappa shape index (κ3) is 4.35. The van der Waals surface area contributed by atoms with Gasteiger partial charge in [-0.1, -0.05) is 24.1 Å². The van der Waals surface area contributed by atoms with Crippen molar-refractivity contribution in [3.8, 4) is 11.8 Å². The average Bonchev–Trinajstić information content (AvgIpc) is 2.54. The van der Waals surface area contributed by atoms with Crippen molar-refractivity contribution >= 4 is 11.9 Å². The molecule has 4 nitrogen and oxygen atoms in total. The summed E-state index contributed by atoms with van der Waals surface area (Å²) < 4.78 is 5.03. The molecule has 0 saturated carbocycles. The van der Waals surface area contributed by atoms with Crippen LogP contribution >= 0.6 is 0 Å². The molecule has 2 rings (SSSR count). The minimum absolute atomic E-state index is 0.217. The summed E-state index contributed by atoms with van der Waals surface area (Å²) in [6.45, 7) is 3.21. The van der Waals surface area contributed by atoms with E-state index in [1.807, 2.05) is 30.3 Å². The molecule has 21 heavy (non-hydrogen) atoms. The van der Waals surface area contributed by atoms with Gasteiger partial charge in [0.05, 0.1) is 12.5 Å². The Morgan fingerprint density at radius 3 is 2.81 bits per heavy atom. The number of carbonyl (C=O) groups is 2. The summed E-state index contributed by atoms with van der Waals surface area (Å²) in [6.07, 6.45) is 1.58. The van der Waals surface area contributed by atoms with Crippen molar-refractivity contribution in [3.63, 3.8) is 0 Å². The predicted octanol–water partition coefficient (Wildman–Crippen LogP) is 1.84. The molecule has 1 saturated heterocycles. The quantitative estimate of drug-likeness (QED) is 0.615. The number of hydrogen-bond donors (Lipinski definition) is 0. The van der Waals surface area contributed by atoms with Gasteiger partial charge < -0.3 is 9.64 Å². The minimum Gasteiger partial charge on any atom is -0.466 e. The summed E-state index contributed by atoms with van der Waals surface area (Å²) in [6, 6.07) is 9.38. The lowest BCUT2D eigenvalue weighted by molar-refractivity contribution is -0.150. The monoisotopic (exact) mass is 285 g/mol. The number of carbonyl (C=O) groups excluding carboxylic acids is 2. The average molecular weight is 285 g/mol. The van der Waals surface area contributed by atoms with Gasteiger partial charge in [-0.3, -0.25) is 9.59 Å². The van der Waals surface area contributed by atoms with Crippen molar-refractivity contribution in [3.05, 3.63) is 35.9 Å². The molecule has 1 amide bonds. The fraction of sp³-hybridized carbons (Fsp3) is 0.412. The number of nitrogens with zero attached hydrogens (tertiary/aromatic N) is 1. The Bertz CT molecular complexity index is 556. The van der Waals surface area contributed by atoms with E-state index in [0.717, 1.165) is 18.4 Å². The number of likely N-dealkylation sites (tertiary alicyclic amines) is 1. The molecule has 110 valence electrons. The van der Waals surface area contributed by atoms with Crippen LogP contribution in [0.4, 0.5) is 0 Å². The molecule has 0 unspecified atom stereocenters. The summed E-state index contributed by atoms with van der Waals surface area (Å²) in [5.74, 6) is 4.83. The molecule has 0 spiro atoms. The molecule has 1 aliphatic heterocycles. The van der Waals surface area contributed by atoms with Gasteiger partial charge in [-0.25, -0.2) is 0 Å². The first-order chi connectivity index (χ1) is 10.2. The Hall–Kier alpha value is -2.28. The van der Waals surface area contributed by atoms with Gasteiger partial charge in [0, 0.05) is 24.6 Å². The Labute approximate surface area is 125 Å². The highest BCUT2D eigenvalue weighted by molar-refractivity contribution is 5.94. The molecule has 0 N–H and O–H groups in total. The summed E-state index contributed by atoms with van der Waals surface area (Å²) >= 11 is 0. The molecule has 0 radical (unpaired) electrons. The maximum atomic E-state index is 12.1. The molecule has 0 aromatic heterocycles. The predicted molar refractivity (Wildman–Crippen MR) is 79.3 cm³/mol. The van der Waals surface area contributed by atoms with Gasteiger partial charge >= 0.3 is 5.97 Å². The second kappa shape index (κ2) is 7.49. The molecule has 1 atom stereocenters. The van der Waals surface area contributed by atoms with E-state index in [4.69, 9.17) is 4.74 Å². The van der Waals surface area contributed by atoms with E-state index in [2.05, 4.69) is 11.8 Å². The number of ether oxygens (including phenoxy) is 1. The molecule has 1 fully saturated rings. The fourth-order valence-electron chi connectivity index (χ4n) is 2.34. The Balaban J connectivity index is 1.96. The highest BCUT2D eigenvalue weighted by Crippen LogP contribution is 2.17. The highest BCUT2D eigenvalue weighted by Gasteiger charge is 2.28. The van der Waals surface area contributed by atoms with Crippen LogP contribution in [-0.4, -0.2) is 36.5 Å². The van der Waals surface area contributed by atoms with E-state index in [1.165, 1.54) is 0 Å². The lowest BCUT2D eigenvalue weighted by Crippen LogP contribution is -2.42. The zero-order chi connectivity index (χ0) is 15.1. The van der Waals surface area contributed by atoms with Crippen molar-refractivity contribution in [1.29, 1.82) is 0 Å². The molecule has 0 aliphatic carbocycles. The van der Waals surface area contributed by atoms with Crippen LogP contribution in [0.5, 0.6) is 0 Å². The van der Waals surface area contributed by atoms with Gasteiger partial charge in [-0.05, 0) is 31.9 Å². The van der Waals surface area contributed by atoms with Crippen LogP contribution in [0.25, 0.3) is 0 Å². The Morgan fingerprint density at radius 2 is 2.10 bits per heavy atom. The number of amides is 1. The SMILES string of the molecule is CCOC(=O)[C@@H]1CCCN(C(=O)C#Cc2ccccc2)C1. The van der Waals surface area contributed by atoms with Crippen LogP contribution in [0.1, 0.15) is 25.3 Å². The van der Waals surface area contributed by atoms with Gasteiger partial charge in [-0.15, -0.1) is 0 Å². The third-order valence-electron chi connectivity index (χ3n) is 3.42. The topological polar surface area (TPSA) is 46.6 Å². The van der Waals surface area contributed by atoms with Crippen LogP contribution in [0.15, 0.2) is 30.3 Å². The van der Waals surface area contributed by atoms with E-state index >= 15 is 0 Å². The minimum atomic E-state index is -0.229. The van der Waals surface area contributed by atoms with E-state index in [9.17, 15) is 9.59 Å². The molecule has 4 heteroatoms. The number of esters is 1. The number of rotatable bonds is 2. The molecular weight excluding hydrogens is 266 g/mol. The van der Waals surface area contributed by atoms with E-state index in [1.54, 1.807) is 11.8 Å². The largest absolute Gasteiger partial charge is 0.466 e. The first-order valence-corrected chi connectivity index (χ1v) is 7.23. The van der Waals surface area contributed by atoms with Crippen molar-refractivity contribution in [2.24, 2.45) is 5.92 Å². The van der Waals surface area contributed by atoms with Gasteiger partial charge in [0.25, 0.3) is 5.91 Å². The van der Waals surface area contributed by atoms with E-state index in [0.29, 0.717) is 19.7 Å². The zero-order valence-corrected chi connectivity index (χ0v) is 12.2. The Kier molecular flexibility index (Phi) is 5.39. The fourth-order valence-corrected chi connectivity index (χ4v) is 2.34. The maximum Gasteiger partial charge on any atom is 0.310 e. The summed E-state index contributed by atoms with van der Waals surface area (Å²) in [7, 11) is 0. The first-order valence-electron chi connectivity index (χ1n) is 7.23. The third-order valence-corrected chi connectivity index (χ3v) is 3.42. The summed E-state index contributed by atoms with van der Waals surface area (Å²) in [5.41, 5.74) is 0.810. The smallest absolute Gasteiger partial charge is 0.310 e. The summed E-state index contributed by atoms with van der Waals surface area (Å²) in [4.78, 5) is 25.5. The molecular formula is C17H19NO3. The lowest BCUT2D eigenvalue weighted by atomic mass is 9.98. The maximum absolute atomic E-state index is 12.1. The molecule has 1 aliphatic rings. The molecule has 0 bridgehead atoms. The van der Waals surface area contributed by atoms with Gasteiger partial charge in [0.2, 0.25) is 0 Å². The van der Waals surface area contributed by atoms with Gasteiger partial charge in [0.1, 0.15) is 0 Å². The van der Waals surface area contributed by atoms with E-state index < -0.39 is 0 Å². The van der Waals surface area contributed by atoms with Gasteiger partial charge in [0.15, 0.2) is 0 Å². The Morgan fingerprint density at radius 1 is 1.33 bits per heavy atom. The first kappa shape index (κ1) is 15.1. The molecule has 1 aromatic carbocycles. The zero-order valence-electron chi connectivity index (χ0n) is 12.2. The summed E-state index contributed by atoms with van der Waals surface area (Å²) in [5, 5.41) is 0. The van der Waals surface area contributed by atoms with Crippen LogP contribution < -0.4 is 0 Å². The van der Waals surface area contributed by atoms with Crippen molar-refractivity contribution < 1.29 is 14.3 Å². The number of benzene rings is 1. The number of piperidine rings is 1. The van der Waals surface area contributed by atoms with Gasteiger partial charge in [-0.2, -0.15) is 0 Å².